The van der Waals surface area contributed by atoms with Crippen molar-refractivity contribution in [2.75, 3.05) is 18.4 Å². The van der Waals surface area contributed by atoms with Gasteiger partial charge in [0, 0.05) is 46.2 Å². The fourth-order valence-electron chi connectivity index (χ4n) is 5.68. The molecule has 1 saturated heterocycles. The Bertz CT molecular complexity index is 1700. The summed E-state index contributed by atoms with van der Waals surface area (Å²) in [6.45, 7) is 1.13. The lowest BCUT2D eigenvalue weighted by molar-refractivity contribution is -0.113. The Morgan fingerprint density at radius 3 is 2.50 bits per heavy atom. The Balaban J connectivity index is 1.18. The number of hydrogen-bond donors (Lipinski definition) is 2. The van der Waals surface area contributed by atoms with Crippen LogP contribution >= 0.6 is 0 Å². The molecular weight excluding hydrogens is 512 g/mol. The molecule has 1 aliphatic heterocycles. The molecule has 2 N–H and O–H groups in total. The maximum atomic E-state index is 13.5. The molecule has 40 heavy (non-hydrogen) atoms. The predicted molar refractivity (Wildman–Crippen MR) is 149 cm³/mol. The van der Waals surface area contributed by atoms with Crippen LogP contribution in [0.3, 0.4) is 0 Å². The summed E-state index contributed by atoms with van der Waals surface area (Å²) in [6.07, 6.45) is 7.22. The second-order valence-corrected chi connectivity index (χ2v) is 10.9. The van der Waals surface area contributed by atoms with Gasteiger partial charge < -0.3 is 14.8 Å². The van der Waals surface area contributed by atoms with Crippen molar-refractivity contribution in [3.8, 4) is 22.5 Å². The number of aromatic amines is 1. The number of rotatable bonds is 6. The summed E-state index contributed by atoms with van der Waals surface area (Å²) < 4.78 is 29.1. The zero-order valence-corrected chi connectivity index (χ0v) is 21.8. The normalized spacial score (nSPS) is 19.7. The molecule has 1 saturated carbocycles. The van der Waals surface area contributed by atoms with Crippen LogP contribution in [0.2, 0.25) is 0 Å². The van der Waals surface area contributed by atoms with E-state index in [2.05, 4.69) is 27.4 Å². The van der Waals surface area contributed by atoms with E-state index >= 15 is 0 Å². The Kier molecular flexibility index (Phi) is 5.65. The number of hydrogen-bond acceptors (Lipinski definition) is 5. The van der Waals surface area contributed by atoms with E-state index in [1.807, 2.05) is 65.4 Å². The molecule has 10 heteroatoms. The molecule has 5 aromatic rings. The van der Waals surface area contributed by atoms with Gasteiger partial charge in [-0.2, -0.15) is 5.10 Å². The van der Waals surface area contributed by atoms with Gasteiger partial charge in [-0.25, -0.2) is 18.7 Å². The Labute approximate surface area is 229 Å². The standard InChI is InChI=1S/C30H27F2N7O/c1-18-10-24(11-18)39-25-13-21(3-2-20(25)12-26(39)29(40)38-16-30(31,32)17-38)28-33-9-8-27(37-28)36-23-6-4-19(5-7-23)22-14-34-35-15-22/h2-9,12-15,18,24H,10-11,16-17H2,1H3,(H,34,35)(H,33,36,37). The summed E-state index contributed by atoms with van der Waals surface area (Å²) in [5.74, 6) is -1.39. The number of H-pyrrole nitrogens is 1. The van der Waals surface area contributed by atoms with Gasteiger partial charge in [-0.3, -0.25) is 9.89 Å². The van der Waals surface area contributed by atoms with E-state index in [1.165, 1.54) is 4.90 Å². The topological polar surface area (TPSA) is 91.7 Å². The van der Waals surface area contributed by atoms with Crippen molar-refractivity contribution in [2.24, 2.45) is 5.92 Å². The van der Waals surface area contributed by atoms with E-state index in [4.69, 9.17) is 4.98 Å². The minimum absolute atomic E-state index is 0.155. The minimum Gasteiger partial charge on any atom is -0.340 e. The monoisotopic (exact) mass is 539 g/mol. The van der Waals surface area contributed by atoms with Gasteiger partial charge in [0.05, 0.1) is 19.3 Å². The predicted octanol–water partition coefficient (Wildman–Crippen LogP) is 6.29. The van der Waals surface area contributed by atoms with Gasteiger partial charge >= 0.3 is 0 Å². The SMILES string of the molecule is CC1CC(n2c(C(=O)N3CC(F)(F)C3)cc3ccc(-c4nccc(Nc5ccc(-c6cn[nH]c6)cc5)n4)cc32)C1. The molecule has 3 aromatic heterocycles. The van der Waals surface area contributed by atoms with Gasteiger partial charge in [-0.05, 0) is 54.7 Å². The van der Waals surface area contributed by atoms with E-state index in [1.54, 1.807) is 12.4 Å². The van der Waals surface area contributed by atoms with Crippen LogP contribution in [0.25, 0.3) is 33.4 Å². The number of nitrogens with zero attached hydrogens (tertiary/aromatic N) is 5. The van der Waals surface area contributed by atoms with Crippen molar-refractivity contribution in [3.05, 3.63) is 78.9 Å². The highest BCUT2D eigenvalue weighted by Gasteiger charge is 2.47. The lowest BCUT2D eigenvalue weighted by Crippen LogP contribution is -2.58. The van der Waals surface area contributed by atoms with Gasteiger partial charge in [0.15, 0.2) is 5.82 Å². The van der Waals surface area contributed by atoms with Gasteiger partial charge in [-0.15, -0.1) is 0 Å². The van der Waals surface area contributed by atoms with Crippen LogP contribution in [0.4, 0.5) is 20.3 Å². The van der Waals surface area contributed by atoms with E-state index in [-0.39, 0.29) is 11.9 Å². The average molecular weight is 540 g/mol. The molecule has 4 heterocycles. The number of fused-ring (bicyclic) bond motifs is 1. The number of nitrogens with one attached hydrogen (secondary N) is 2. The Morgan fingerprint density at radius 1 is 1.02 bits per heavy atom. The molecule has 0 unspecified atom stereocenters. The molecule has 8 nitrogen and oxygen atoms in total. The summed E-state index contributed by atoms with van der Waals surface area (Å²) >= 11 is 0. The second kappa shape index (κ2) is 9.25. The first-order valence-corrected chi connectivity index (χ1v) is 13.3. The van der Waals surface area contributed by atoms with Crippen molar-refractivity contribution in [3.63, 3.8) is 0 Å². The molecule has 0 radical (unpaired) electrons. The first-order chi connectivity index (χ1) is 19.3. The molecular formula is C30H27F2N7O. The maximum Gasteiger partial charge on any atom is 0.282 e. The minimum atomic E-state index is -2.80. The average Bonchev–Trinajstić information content (AvgIpc) is 3.58. The summed E-state index contributed by atoms with van der Waals surface area (Å²) in [5, 5.41) is 11.1. The van der Waals surface area contributed by atoms with E-state index in [0.717, 1.165) is 46.1 Å². The lowest BCUT2D eigenvalue weighted by atomic mass is 9.81. The van der Waals surface area contributed by atoms with Crippen LogP contribution in [-0.4, -0.2) is 54.6 Å². The van der Waals surface area contributed by atoms with Crippen LogP contribution in [0, 0.1) is 5.92 Å². The molecule has 1 amide bonds. The number of carbonyl (C=O) groups is 1. The van der Waals surface area contributed by atoms with Crippen LogP contribution in [0.15, 0.2) is 73.2 Å². The smallest absolute Gasteiger partial charge is 0.282 e. The molecule has 2 aliphatic rings. The molecule has 202 valence electrons. The fourth-order valence-corrected chi connectivity index (χ4v) is 5.68. The quantitative estimate of drug-likeness (QED) is 0.265. The fraction of sp³-hybridized carbons (Fsp3) is 0.267. The van der Waals surface area contributed by atoms with Gasteiger partial charge in [0.25, 0.3) is 11.8 Å². The summed E-state index contributed by atoms with van der Waals surface area (Å²) in [4.78, 5) is 23.7. The maximum absolute atomic E-state index is 13.5. The van der Waals surface area contributed by atoms with Crippen molar-refractivity contribution < 1.29 is 13.6 Å². The zero-order chi connectivity index (χ0) is 27.4. The van der Waals surface area contributed by atoms with Gasteiger partial charge in [0.2, 0.25) is 0 Å². The van der Waals surface area contributed by atoms with Gasteiger partial charge in [-0.1, -0.05) is 31.2 Å². The number of aromatic nitrogens is 5. The number of amides is 1. The highest BCUT2D eigenvalue weighted by molar-refractivity contribution is 6.00. The first kappa shape index (κ1) is 24.4. The third-order valence-electron chi connectivity index (χ3n) is 7.81. The third kappa shape index (κ3) is 4.39. The number of likely N-dealkylation sites (tertiary alicyclic amines) is 1. The molecule has 0 bridgehead atoms. The molecule has 1 aliphatic carbocycles. The van der Waals surface area contributed by atoms with E-state index < -0.39 is 19.0 Å². The molecule has 0 spiro atoms. The van der Waals surface area contributed by atoms with Crippen molar-refractivity contribution >= 4 is 28.3 Å². The number of benzene rings is 2. The number of anilines is 2. The van der Waals surface area contributed by atoms with Crippen molar-refractivity contribution in [1.82, 2.24) is 29.6 Å². The highest BCUT2D eigenvalue weighted by Crippen LogP contribution is 2.42. The molecule has 0 atom stereocenters. The van der Waals surface area contributed by atoms with Crippen LogP contribution in [0.1, 0.15) is 36.3 Å². The lowest BCUT2D eigenvalue weighted by Gasteiger charge is -2.40. The van der Waals surface area contributed by atoms with Crippen molar-refractivity contribution in [2.45, 2.75) is 31.7 Å². The summed E-state index contributed by atoms with van der Waals surface area (Å²) in [7, 11) is 0. The number of alkyl halides is 2. The van der Waals surface area contributed by atoms with Crippen molar-refractivity contribution in [1.29, 1.82) is 0 Å². The Morgan fingerprint density at radius 2 is 1.80 bits per heavy atom. The Hall–Kier alpha value is -4.60. The number of carbonyl (C=O) groups excluding carboxylic acids is 1. The van der Waals surface area contributed by atoms with Gasteiger partial charge in [0.1, 0.15) is 11.5 Å². The molecule has 2 fully saturated rings. The van der Waals surface area contributed by atoms with Crippen LogP contribution in [0.5, 0.6) is 0 Å². The largest absolute Gasteiger partial charge is 0.340 e. The first-order valence-electron chi connectivity index (χ1n) is 13.3. The highest BCUT2D eigenvalue weighted by atomic mass is 19.3. The molecule has 2 aromatic carbocycles. The van der Waals surface area contributed by atoms with E-state index in [9.17, 15) is 13.6 Å². The molecule has 7 rings (SSSR count). The third-order valence-corrected chi connectivity index (χ3v) is 7.81. The van der Waals surface area contributed by atoms with E-state index in [0.29, 0.717) is 23.3 Å². The number of halogens is 2. The summed E-state index contributed by atoms with van der Waals surface area (Å²) in [5.41, 5.74) is 5.13. The second-order valence-electron chi connectivity index (χ2n) is 10.9. The summed E-state index contributed by atoms with van der Waals surface area (Å²) in [6, 6.07) is 17.7. The van der Waals surface area contributed by atoms with Crippen LogP contribution in [-0.2, 0) is 0 Å². The van der Waals surface area contributed by atoms with Crippen LogP contribution < -0.4 is 5.32 Å². The zero-order valence-electron chi connectivity index (χ0n) is 21.8.